The normalized spacial score (nSPS) is 21.2. The van der Waals surface area contributed by atoms with Crippen LogP contribution in [0.4, 0.5) is 4.79 Å². The summed E-state index contributed by atoms with van der Waals surface area (Å²) in [6, 6.07) is 16.3. The number of carboxylic acids is 1. The SMILES string of the molecule is O=C(O)CCCC1CN(C(=O)[C@H]2CCC[C@H]2NC(=O)OCC2c3ccccc3-c3ccccc32)C1. The lowest BCUT2D eigenvalue weighted by atomic mass is 9.91. The maximum absolute atomic E-state index is 13.0. The van der Waals surface area contributed by atoms with Gasteiger partial charge in [-0.15, -0.1) is 0 Å². The summed E-state index contributed by atoms with van der Waals surface area (Å²) in [7, 11) is 0. The average Bonchev–Trinajstić information content (AvgIpc) is 3.41. The van der Waals surface area contributed by atoms with Crippen LogP contribution in [0.2, 0.25) is 0 Å². The van der Waals surface area contributed by atoms with Gasteiger partial charge >= 0.3 is 12.1 Å². The summed E-state index contributed by atoms with van der Waals surface area (Å²) >= 11 is 0. The second-order valence-electron chi connectivity index (χ2n) is 10.0. The number of carbonyl (C=O) groups excluding carboxylic acids is 2. The molecule has 2 amide bonds. The third-order valence-corrected chi connectivity index (χ3v) is 7.75. The molecule has 3 aliphatic rings. The molecule has 184 valence electrons. The van der Waals surface area contributed by atoms with Gasteiger partial charge in [0.15, 0.2) is 0 Å². The number of hydrogen-bond donors (Lipinski definition) is 2. The second-order valence-corrected chi connectivity index (χ2v) is 10.0. The summed E-state index contributed by atoms with van der Waals surface area (Å²) < 4.78 is 5.69. The Hall–Kier alpha value is -3.35. The molecule has 2 N–H and O–H groups in total. The molecule has 0 spiro atoms. The molecule has 2 aliphatic carbocycles. The van der Waals surface area contributed by atoms with Crippen LogP contribution >= 0.6 is 0 Å². The van der Waals surface area contributed by atoms with Crippen LogP contribution in [0, 0.1) is 11.8 Å². The topological polar surface area (TPSA) is 95.9 Å². The Labute approximate surface area is 205 Å². The van der Waals surface area contributed by atoms with Gasteiger partial charge < -0.3 is 20.1 Å². The molecule has 2 aromatic rings. The van der Waals surface area contributed by atoms with Gasteiger partial charge in [-0.05, 0) is 53.9 Å². The summed E-state index contributed by atoms with van der Waals surface area (Å²) in [4.78, 5) is 38.3. The lowest BCUT2D eigenvalue weighted by Gasteiger charge is -2.41. The summed E-state index contributed by atoms with van der Waals surface area (Å²) in [5, 5.41) is 11.7. The van der Waals surface area contributed by atoms with Gasteiger partial charge in [-0.3, -0.25) is 9.59 Å². The van der Waals surface area contributed by atoms with Crippen LogP contribution in [-0.4, -0.2) is 53.7 Å². The largest absolute Gasteiger partial charge is 0.481 e. The van der Waals surface area contributed by atoms with E-state index in [0.29, 0.717) is 25.4 Å². The number of carboxylic acid groups (broad SMARTS) is 1. The van der Waals surface area contributed by atoms with Crippen LogP contribution in [0.5, 0.6) is 0 Å². The predicted octanol–water partition coefficient (Wildman–Crippen LogP) is 4.41. The number of hydrogen-bond acceptors (Lipinski definition) is 4. The van der Waals surface area contributed by atoms with Crippen LogP contribution < -0.4 is 5.32 Å². The van der Waals surface area contributed by atoms with Crippen molar-refractivity contribution < 1.29 is 24.2 Å². The van der Waals surface area contributed by atoms with Crippen molar-refractivity contribution in [2.45, 2.75) is 50.5 Å². The smallest absolute Gasteiger partial charge is 0.407 e. The van der Waals surface area contributed by atoms with Crippen molar-refractivity contribution in [3.63, 3.8) is 0 Å². The van der Waals surface area contributed by atoms with Gasteiger partial charge in [0, 0.05) is 31.5 Å². The van der Waals surface area contributed by atoms with E-state index in [1.807, 2.05) is 29.2 Å². The first-order chi connectivity index (χ1) is 17.0. The average molecular weight is 477 g/mol. The lowest BCUT2D eigenvalue weighted by molar-refractivity contribution is -0.143. The molecule has 35 heavy (non-hydrogen) atoms. The van der Waals surface area contributed by atoms with Crippen LogP contribution in [0.25, 0.3) is 11.1 Å². The molecule has 0 aromatic heterocycles. The Morgan fingerprint density at radius 1 is 0.971 bits per heavy atom. The van der Waals surface area contributed by atoms with Gasteiger partial charge in [0.05, 0.1) is 5.92 Å². The van der Waals surface area contributed by atoms with Gasteiger partial charge in [-0.25, -0.2) is 4.79 Å². The summed E-state index contributed by atoms with van der Waals surface area (Å²) in [5.41, 5.74) is 4.72. The molecule has 7 heteroatoms. The predicted molar refractivity (Wildman–Crippen MR) is 131 cm³/mol. The Kier molecular flexibility index (Phi) is 6.75. The zero-order valence-electron chi connectivity index (χ0n) is 19.8. The lowest BCUT2D eigenvalue weighted by Crippen LogP contribution is -2.54. The molecule has 1 aliphatic heterocycles. The number of amides is 2. The van der Waals surface area contributed by atoms with Crippen molar-refractivity contribution in [2.24, 2.45) is 11.8 Å². The standard InChI is InChI=1S/C28H32N2O5/c31-26(32)14-5-7-18-15-30(16-18)27(33)23-12-6-13-25(23)29-28(34)35-17-24-21-10-3-1-8-19(21)20-9-2-4-11-22(20)24/h1-4,8-11,18,23-25H,5-7,12-17H2,(H,29,34)(H,31,32)/t23-,25+/m0/s1. The molecule has 1 heterocycles. The molecule has 5 rings (SSSR count). The van der Waals surface area contributed by atoms with Gasteiger partial charge in [0.1, 0.15) is 6.61 Å². The molecule has 0 bridgehead atoms. The van der Waals surface area contributed by atoms with Crippen molar-refractivity contribution in [3.8, 4) is 11.1 Å². The molecule has 0 radical (unpaired) electrons. The molecule has 2 fully saturated rings. The fourth-order valence-electron chi connectivity index (χ4n) is 5.93. The quantitative estimate of drug-likeness (QED) is 0.589. The van der Waals surface area contributed by atoms with E-state index in [1.165, 1.54) is 22.3 Å². The number of nitrogens with zero attached hydrogens (tertiary/aromatic N) is 1. The van der Waals surface area contributed by atoms with Gasteiger partial charge in [0.25, 0.3) is 0 Å². The maximum Gasteiger partial charge on any atom is 0.407 e. The molecule has 0 unspecified atom stereocenters. The van der Waals surface area contributed by atoms with Crippen molar-refractivity contribution in [3.05, 3.63) is 59.7 Å². The molecule has 2 aromatic carbocycles. The van der Waals surface area contributed by atoms with Gasteiger partial charge in [-0.1, -0.05) is 55.0 Å². The van der Waals surface area contributed by atoms with E-state index in [-0.39, 0.29) is 36.8 Å². The Morgan fingerprint density at radius 2 is 1.63 bits per heavy atom. The van der Waals surface area contributed by atoms with Gasteiger partial charge in [0.2, 0.25) is 5.91 Å². The number of fused-ring (bicyclic) bond motifs is 3. The first kappa shape index (κ1) is 23.4. The highest BCUT2D eigenvalue weighted by molar-refractivity contribution is 5.82. The number of likely N-dealkylation sites (tertiary alicyclic amines) is 1. The second kappa shape index (κ2) is 10.1. The summed E-state index contributed by atoms with van der Waals surface area (Å²) in [5.74, 6) is -0.497. The monoisotopic (exact) mass is 476 g/mol. The first-order valence-corrected chi connectivity index (χ1v) is 12.6. The van der Waals surface area contributed by atoms with E-state index in [9.17, 15) is 14.4 Å². The molecule has 1 saturated carbocycles. The number of alkyl carbamates (subject to hydrolysis) is 1. The van der Waals surface area contributed by atoms with Crippen molar-refractivity contribution >= 4 is 18.0 Å². The highest BCUT2D eigenvalue weighted by Crippen LogP contribution is 2.44. The van der Waals surface area contributed by atoms with Gasteiger partial charge in [-0.2, -0.15) is 0 Å². The highest BCUT2D eigenvalue weighted by Gasteiger charge is 2.40. The van der Waals surface area contributed by atoms with E-state index in [1.54, 1.807) is 0 Å². The number of nitrogens with one attached hydrogen (secondary N) is 1. The summed E-state index contributed by atoms with van der Waals surface area (Å²) in [6.45, 7) is 1.63. The molecule has 1 saturated heterocycles. The molecular formula is C28H32N2O5. The molecular weight excluding hydrogens is 444 g/mol. The van der Waals surface area contributed by atoms with Crippen LogP contribution in [0.1, 0.15) is 55.6 Å². The van der Waals surface area contributed by atoms with Crippen LogP contribution in [0.15, 0.2) is 48.5 Å². The van der Waals surface area contributed by atoms with E-state index < -0.39 is 12.1 Å². The molecule has 2 atom stereocenters. The number of benzene rings is 2. The zero-order chi connectivity index (χ0) is 24.4. The van der Waals surface area contributed by atoms with Crippen LogP contribution in [-0.2, 0) is 14.3 Å². The fraction of sp³-hybridized carbons (Fsp3) is 0.464. The Bertz CT molecular complexity index is 1060. The number of ether oxygens (including phenoxy) is 1. The van der Waals surface area contributed by atoms with E-state index in [2.05, 4.69) is 29.6 Å². The number of aliphatic carboxylic acids is 1. The highest BCUT2D eigenvalue weighted by atomic mass is 16.5. The number of rotatable bonds is 8. The first-order valence-electron chi connectivity index (χ1n) is 12.6. The molecule has 7 nitrogen and oxygen atoms in total. The van der Waals surface area contributed by atoms with E-state index in [4.69, 9.17) is 9.84 Å². The minimum atomic E-state index is -0.773. The fourth-order valence-corrected chi connectivity index (χ4v) is 5.93. The van der Waals surface area contributed by atoms with Crippen molar-refractivity contribution in [1.29, 1.82) is 0 Å². The third-order valence-electron chi connectivity index (χ3n) is 7.75. The Balaban J connectivity index is 1.12. The van der Waals surface area contributed by atoms with E-state index >= 15 is 0 Å². The third kappa shape index (κ3) is 4.90. The zero-order valence-corrected chi connectivity index (χ0v) is 19.8. The summed E-state index contributed by atoms with van der Waals surface area (Å²) in [6.07, 6.45) is 3.65. The number of carbonyl (C=O) groups is 3. The van der Waals surface area contributed by atoms with Crippen molar-refractivity contribution in [1.82, 2.24) is 10.2 Å². The van der Waals surface area contributed by atoms with Crippen molar-refractivity contribution in [2.75, 3.05) is 19.7 Å². The minimum Gasteiger partial charge on any atom is -0.481 e. The van der Waals surface area contributed by atoms with Crippen LogP contribution in [0.3, 0.4) is 0 Å². The van der Waals surface area contributed by atoms with E-state index in [0.717, 1.165) is 25.7 Å². The maximum atomic E-state index is 13.0. The Morgan fingerprint density at radius 3 is 2.29 bits per heavy atom. The minimum absolute atomic E-state index is 0.00769.